The van der Waals surface area contributed by atoms with E-state index in [1.807, 2.05) is 13.0 Å². The molecule has 0 aliphatic rings. The van der Waals surface area contributed by atoms with Gasteiger partial charge in [0.15, 0.2) is 0 Å². The minimum atomic E-state index is -0.300. The molecule has 0 saturated carbocycles. The van der Waals surface area contributed by atoms with Crippen molar-refractivity contribution in [3.8, 4) is 16.9 Å². The van der Waals surface area contributed by atoms with Gasteiger partial charge in [-0.1, -0.05) is 23.7 Å². The summed E-state index contributed by atoms with van der Waals surface area (Å²) >= 11 is 6.10. The van der Waals surface area contributed by atoms with E-state index in [1.54, 1.807) is 25.3 Å². The molecule has 0 spiro atoms. The summed E-state index contributed by atoms with van der Waals surface area (Å²) in [6.07, 6.45) is 0. The van der Waals surface area contributed by atoms with Gasteiger partial charge >= 0.3 is 0 Å². The number of hydrogen-bond donors (Lipinski definition) is 1. The van der Waals surface area contributed by atoms with E-state index >= 15 is 0 Å². The van der Waals surface area contributed by atoms with Gasteiger partial charge in [0.1, 0.15) is 11.6 Å². The zero-order valence-corrected chi connectivity index (χ0v) is 11.5. The lowest BCUT2D eigenvalue weighted by Gasteiger charge is -2.14. The van der Waals surface area contributed by atoms with Crippen LogP contribution in [0.3, 0.4) is 0 Å². The first-order valence-electron chi connectivity index (χ1n) is 5.92. The third-order valence-electron chi connectivity index (χ3n) is 2.97. The summed E-state index contributed by atoms with van der Waals surface area (Å²) in [6.45, 7) is 1.86. The number of halogens is 2. The summed E-state index contributed by atoms with van der Waals surface area (Å²) < 4.78 is 18.6. The fourth-order valence-electron chi connectivity index (χ4n) is 2.01. The minimum absolute atomic E-state index is 0.184. The Balaban J connectivity index is 2.57. The zero-order valence-electron chi connectivity index (χ0n) is 10.8. The van der Waals surface area contributed by atoms with Crippen LogP contribution in [0.1, 0.15) is 18.5 Å². The predicted molar refractivity (Wildman–Crippen MR) is 76.0 cm³/mol. The van der Waals surface area contributed by atoms with E-state index in [-0.39, 0.29) is 11.9 Å². The summed E-state index contributed by atoms with van der Waals surface area (Å²) in [5.41, 5.74) is 8.36. The molecule has 1 atom stereocenters. The fraction of sp³-hybridized carbons (Fsp3) is 0.200. The Morgan fingerprint density at radius 2 is 1.95 bits per heavy atom. The third kappa shape index (κ3) is 2.88. The van der Waals surface area contributed by atoms with Crippen molar-refractivity contribution in [2.24, 2.45) is 5.73 Å². The van der Waals surface area contributed by atoms with Gasteiger partial charge in [-0.15, -0.1) is 0 Å². The average Bonchev–Trinajstić information content (AvgIpc) is 2.38. The Morgan fingerprint density at radius 1 is 1.21 bits per heavy atom. The van der Waals surface area contributed by atoms with Crippen LogP contribution in [-0.4, -0.2) is 7.11 Å². The van der Waals surface area contributed by atoms with Gasteiger partial charge in [-0.05, 0) is 47.9 Å². The van der Waals surface area contributed by atoms with Crippen molar-refractivity contribution < 1.29 is 9.13 Å². The topological polar surface area (TPSA) is 35.2 Å². The molecule has 100 valence electrons. The number of nitrogens with two attached hydrogens (primary N) is 1. The summed E-state index contributed by atoms with van der Waals surface area (Å²) in [4.78, 5) is 0. The third-order valence-corrected chi connectivity index (χ3v) is 3.26. The summed E-state index contributed by atoms with van der Waals surface area (Å²) in [6, 6.07) is 9.74. The van der Waals surface area contributed by atoms with E-state index in [9.17, 15) is 4.39 Å². The fourth-order valence-corrected chi connectivity index (χ4v) is 2.27. The van der Waals surface area contributed by atoms with Crippen LogP contribution in [0, 0.1) is 5.82 Å². The predicted octanol–water partition coefficient (Wildman–Crippen LogP) is 4.17. The standard InChI is InChI=1S/C15H15ClFNO/c1-9(18)12-5-4-11(17)8-13(12)10-3-6-15(19-2)14(16)7-10/h3-9H,18H2,1-2H3. The van der Waals surface area contributed by atoms with E-state index in [0.717, 1.165) is 16.7 Å². The Morgan fingerprint density at radius 3 is 2.53 bits per heavy atom. The largest absolute Gasteiger partial charge is 0.495 e. The number of benzene rings is 2. The van der Waals surface area contributed by atoms with E-state index < -0.39 is 0 Å². The number of methoxy groups -OCH3 is 1. The molecule has 0 heterocycles. The molecule has 0 bridgehead atoms. The Hall–Kier alpha value is -1.58. The Labute approximate surface area is 117 Å². The summed E-state index contributed by atoms with van der Waals surface area (Å²) in [5, 5.41) is 0.486. The molecule has 2 rings (SSSR count). The molecule has 0 fully saturated rings. The van der Waals surface area contributed by atoms with Crippen LogP contribution in [-0.2, 0) is 0 Å². The second-order valence-corrected chi connectivity index (χ2v) is 4.78. The molecular weight excluding hydrogens is 265 g/mol. The molecule has 0 amide bonds. The first-order chi connectivity index (χ1) is 9.02. The van der Waals surface area contributed by atoms with Crippen molar-refractivity contribution in [3.05, 3.63) is 52.8 Å². The van der Waals surface area contributed by atoms with Gasteiger partial charge in [0, 0.05) is 6.04 Å². The van der Waals surface area contributed by atoms with E-state index in [4.69, 9.17) is 22.1 Å². The van der Waals surface area contributed by atoms with Gasteiger partial charge in [-0.3, -0.25) is 0 Å². The first-order valence-corrected chi connectivity index (χ1v) is 6.29. The molecular formula is C15H15ClFNO. The van der Waals surface area contributed by atoms with Gasteiger partial charge in [0.05, 0.1) is 12.1 Å². The molecule has 0 aliphatic carbocycles. The van der Waals surface area contributed by atoms with Crippen LogP contribution in [0.2, 0.25) is 5.02 Å². The zero-order chi connectivity index (χ0) is 14.0. The highest BCUT2D eigenvalue weighted by Gasteiger charge is 2.12. The highest BCUT2D eigenvalue weighted by molar-refractivity contribution is 6.32. The van der Waals surface area contributed by atoms with Crippen LogP contribution < -0.4 is 10.5 Å². The molecule has 2 N–H and O–H groups in total. The van der Waals surface area contributed by atoms with E-state index in [1.165, 1.54) is 12.1 Å². The average molecular weight is 280 g/mol. The van der Waals surface area contributed by atoms with Gasteiger partial charge in [-0.25, -0.2) is 4.39 Å². The molecule has 1 unspecified atom stereocenters. The van der Waals surface area contributed by atoms with Crippen molar-refractivity contribution in [1.82, 2.24) is 0 Å². The molecule has 4 heteroatoms. The minimum Gasteiger partial charge on any atom is -0.495 e. The lowest BCUT2D eigenvalue weighted by molar-refractivity contribution is 0.415. The lowest BCUT2D eigenvalue weighted by atomic mass is 9.95. The molecule has 2 nitrogen and oxygen atoms in total. The van der Waals surface area contributed by atoms with E-state index in [0.29, 0.717) is 10.8 Å². The highest BCUT2D eigenvalue weighted by atomic mass is 35.5. The molecule has 0 aromatic heterocycles. The maximum atomic E-state index is 13.4. The lowest BCUT2D eigenvalue weighted by Crippen LogP contribution is -2.07. The first kappa shape index (κ1) is 13.8. The second kappa shape index (κ2) is 5.59. The normalized spacial score (nSPS) is 12.3. The van der Waals surface area contributed by atoms with Crippen molar-refractivity contribution in [2.75, 3.05) is 7.11 Å². The van der Waals surface area contributed by atoms with Crippen molar-refractivity contribution in [1.29, 1.82) is 0 Å². The summed E-state index contributed by atoms with van der Waals surface area (Å²) in [5.74, 6) is 0.288. The quantitative estimate of drug-likeness (QED) is 0.915. The van der Waals surface area contributed by atoms with Crippen molar-refractivity contribution in [3.63, 3.8) is 0 Å². The van der Waals surface area contributed by atoms with Gasteiger partial charge < -0.3 is 10.5 Å². The van der Waals surface area contributed by atoms with Crippen LogP contribution in [0.5, 0.6) is 5.75 Å². The second-order valence-electron chi connectivity index (χ2n) is 4.37. The SMILES string of the molecule is COc1ccc(-c2cc(F)ccc2C(C)N)cc1Cl. The van der Waals surface area contributed by atoms with Crippen LogP contribution in [0.25, 0.3) is 11.1 Å². The molecule has 0 aliphatic heterocycles. The molecule has 19 heavy (non-hydrogen) atoms. The summed E-state index contributed by atoms with van der Waals surface area (Å²) in [7, 11) is 1.55. The van der Waals surface area contributed by atoms with Crippen LogP contribution >= 0.6 is 11.6 Å². The van der Waals surface area contributed by atoms with Gasteiger partial charge in [-0.2, -0.15) is 0 Å². The van der Waals surface area contributed by atoms with Gasteiger partial charge in [0.2, 0.25) is 0 Å². The van der Waals surface area contributed by atoms with E-state index in [2.05, 4.69) is 0 Å². The smallest absolute Gasteiger partial charge is 0.137 e. The monoisotopic (exact) mass is 279 g/mol. The maximum Gasteiger partial charge on any atom is 0.137 e. The van der Waals surface area contributed by atoms with Gasteiger partial charge in [0.25, 0.3) is 0 Å². The molecule has 0 radical (unpaired) electrons. The Kier molecular flexibility index (Phi) is 4.08. The number of ether oxygens (including phenoxy) is 1. The number of hydrogen-bond acceptors (Lipinski definition) is 2. The van der Waals surface area contributed by atoms with Crippen molar-refractivity contribution >= 4 is 11.6 Å². The number of rotatable bonds is 3. The van der Waals surface area contributed by atoms with Crippen LogP contribution in [0.15, 0.2) is 36.4 Å². The molecule has 0 saturated heterocycles. The Bertz CT molecular complexity index is 599. The molecule has 2 aromatic carbocycles. The van der Waals surface area contributed by atoms with Crippen molar-refractivity contribution in [2.45, 2.75) is 13.0 Å². The highest BCUT2D eigenvalue weighted by Crippen LogP contribution is 2.33. The maximum absolute atomic E-state index is 13.4. The molecule has 2 aromatic rings. The van der Waals surface area contributed by atoms with Crippen LogP contribution in [0.4, 0.5) is 4.39 Å².